The standard InChI is InChI=1S/C12H11NO6S/c1-18-9-4-2-3-5-10(9)19-7-8-6-13-11(12(14)15)20(8,16)17/h2-6H,7H2,1H3,(H,14,15). The lowest BCUT2D eigenvalue weighted by atomic mass is 10.3. The second-order valence-electron chi connectivity index (χ2n) is 3.78. The van der Waals surface area contributed by atoms with Crippen LogP contribution in [0.5, 0.6) is 11.5 Å². The Kier molecular flexibility index (Phi) is 3.75. The number of hydrogen-bond donors (Lipinski definition) is 1. The van der Waals surface area contributed by atoms with Crippen molar-refractivity contribution >= 4 is 20.9 Å². The number of ether oxygens (including phenoxy) is 2. The molecular weight excluding hydrogens is 286 g/mol. The molecule has 1 aliphatic rings. The Morgan fingerprint density at radius 3 is 2.50 bits per heavy atom. The van der Waals surface area contributed by atoms with E-state index in [1.165, 1.54) is 7.11 Å². The number of para-hydroxylation sites is 2. The third-order valence-corrected chi connectivity index (χ3v) is 4.25. The molecule has 0 atom stereocenters. The number of rotatable bonds is 5. The number of methoxy groups -OCH3 is 1. The molecule has 2 rings (SSSR count). The number of aliphatic carboxylic acids is 1. The zero-order valence-corrected chi connectivity index (χ0v) is 11.3. The van der Waals surface area contributed by atoms with E-state index < -0.39 is 20.9 Å². The molecule has 0 bridgehead atoms. The SMILES string of the molecule is COc1ccccc1OCC1=CN=C(C(=O)O)S1(=O)=O. The highest BCUT2D eigenvalue weighted by Gasteiger charge is 2.35. The molecule has 0 saturated heterocycles. The van der Waals surface area contributed by atoms with E-state index >= 15 is 0 Å². The molecule has 0 fully saturated rings. The summed E-state index contributed by atoms with van der Waals surface area (Å²) in [5.41, 5.74) is 0. The summed E-state index contributed by atoms with van der Waals surface area (Å²) >= 11 is 0. The molecule has 0 spiro atoms. The summed E-state index contributed by atoms with van der Waals surface area (Å²) in [6, 6.07) is 6.71. The third kappa shape index (κ3) is 2.50. The Labute approximate surface area is 115 Å². The monoisotopic (exact) mass is 297 g/mol. The first kappa shape index (κ1) is 14.1. The fourth-order valence-electron chi connectivity index (χ4n) is 1.57. The van der Waals surface area contributed by atoms with Crippen LogP contribution in [0.4, 0.5) is 0 Å². The number of carboxylic acid groups (broad SMARTS) is 1. The van der Waals surface area contributed by atoms with Crippen molar-refractivity contribution in [3.63, 3.8) is 0 Å². The summed E-state index contributed by atoms with van der Waals surface area (Å²) in [5, 5.41) is 7.84. The maximum Gasteiger partial charge on any atom is 0.366 e. The van der Waals surface area contributed by atoms with E-state index in [0.717, 1.165) is 6.20 Å². The molecule has 20 heavy (non-hydrogen) atoms. The normalized spacial score (nSPS) is 16.2. The molecule has 1 N–H and O–H groups in total. The van der Waals surface area contributed by atoms with E-state index in [0.29, 0.717) is 11.5 Å². The number of hydrogen-bond acceptors (Lipinski definition) is 6. The number of sulfone groups is 1. The van der Waals surface area contributed by atoms with Gasteiger partial charge in [0.1, 0.15) is 11.5 Å². The zero-order valence-electron chi connectivity index (χ0n) is 10.4. The van der Waals surface area contributed by atoms with Crippen molar-refractivity contribution in [2.24, 2.45) is 4.99 Å². The summed E-state index contributed by atoms with van der Waals surface area (Å²) in [6.45, 7) is -0.316. The molecule has 0 aromatic heterocycles. The van der Waals surface area contributed by atoms with Gasteiger partial charge in [-0.25, -0.2) is 18.2 Å². The summed E-state index contributed by atoms with van der Waals surface area (Å²) in [6.07, 6.45) is 0.980. The maximum atomic E-state index is 11.8. The molecular formula is C12H11NO6S. The van der Waals surface area contributed by atoms with Crippen LogP contribution < -0.4 is 9.47 Å². The van der Waals surface area contributed by atoms with Crippen molar-refractivity contribution in [1.29, 1.82) is 0 Å². The van der Waals surface area contributed by atoms with Crippen LogP contribution in [-0.4, -0.2) is 38.3 Å². The fourth-order valence-corrected chi connectivity index (χ4v) is 2.64. The van der Waals surface area contributed by atoms with Gasteiger partial charge in [-0.05, 0) is 12.1 Å². The molecule has 1 heterocycles. The molecule has 7 nitrogen and oxygen atoms in total. The smallest absolute Gasteiger partial charge is 0.366 e. The molecule has 8 heteroatoms. The predicted octanol–water partition coefficient (Wildman–Crippen LogP) is 0.827. The predicted molar refractivity (Wildman–Crippen MR) is 70.6 cm³/mol. The molecule has 0 unspecified atom stereocenters. The Morgan fingerprint density at radius 2 is 1.95 bits per heavy atom. The largest absolute Gasteiger partial charge is 0.493 e. The Hall–Kier alpha value is -2.35. The summed E-state index contributed by atoms with van der Waals surface area (Å²) < 4.78 is 34.0. The summed E-state index contributed by atoms with van der Waals surface area (Å²) in [7, 11) is -2.61. The maximum absolute atomic E-state index is 11.8. The Balaban J connectivity index is 2.13. The highest BCUT2D eigenvalue weighted by molar-refractivity contribution is 8.11. The van der Waals surface area contributed by atoms with Crippen LogP contribution in [0.2, 0.25) is 0 Å². The third-order valence-electron chi connectivity index (χ3n) is 2.55. The molecule has 1 aromatic carbocycles. The van der Waals surface area contributed by atoms with Crippen LogP contribution in [0.3, 0.4) is 0 Å². The lowest BCUT2D eigenvalue weighted by Crippen LogP contribution is -2.24. The first-order valence-electron chi connectivity index (χ1n) is 5.48. The molecule has 0 amide bonds. The van der Waals surface area contributed by atoms with E-state index in [1.54, 1.807) is 24.3 Å². The van der Waals surface area contributed by atoms with Gasteiger partial charge in [0.15, 0.2) is 11.5 Å². The van der Waals surface area contributed by atoms with Gasteiger partial charge >= 0.3 is 5.97 Å². The van der Waals surface area contributed by atoms with Crippen molar-refractivity contribution in [1.82, 2.24) is 0 Å². The number of carboxylic acids is 1. The van der Waals surface area contributed by atoms with E-state index in [4.69, 9.17) is 14.6 Å². The molecule has 0 radical (unpaired) electrons. The Bertz CT molecular complexity index is 704. The first-order chi connectivity index (χ1) is 9.46. The fraction of sp³-hybridized carbons (Fsp3) is 0.167. The highest BCUT2D eigenvalue weighted by atomic mass is 32.2. The summed E-state index contributed by atoms with van der Waals surface area (Å²) in [5.74, 6) is -0.786. The Morgan fingerprint density at radius 1 is 1.30 bits per heavy atom. The number of nitrogens with zero attached hydrogens (tertiary/aromatic N) is 1. The average molecular weight is 297 g/mol. The van der Waals surface area contributed by atoms with Gasteiger partial charge in [0.2, 0.25) is 14.9 Å². The molecule has 0 aliphatic carbocycles. The second-order valence-corrected chi connectivity index (χ2v) is 5.70. The van der Waals surface area contributed by atoms with Crippen LogP contribution >= 0.6 is 0 Å². The van der Waals surface area contributed by atoms with Crippen LogP contribution in [-0.2, 0) is 14.6 Å². The van der Waals surface area contributed by atoms with Gasteiger partial charge in [-0.2, -0.15) is 0 Å². The van der Waals surface area contributed by atoms with Gasteiger partial charge in [-0.3, -0.25) is 0 Å². The van der Waals surface area contributed by atoms with E-state index in [2.05, 4.69) is 4.99 Å². The minimum absolute atomic E-state index is 0.208. The quantitative estimate of drug-likeness (QED) is 0.863. The highest BCUT2D eigenvalue weighted by Crippen LogP contribution is 2.27. The van der Waals surface area contributed by atoms with Crippen molar-refractivity contribution in [3.8, 4) is 11.5 Å². The van der Waals surface area contributed by atoms with Gasteiger partial charge in [0.05, 0.1) is 7.11 Å². The lowest BCUT2D eigenvalue weighted by Gasteiger charge is -2.10. The minimum atomic E-state index is -4.07. The zero-order chi connectivity index (χ0) is 14.8. The first-order valence-corrected chi connectivity index (χ1v) is 6.96. The van der Waals surface area contributed by atoms with E-state index in [9.17, 15) is 13.2 Å². The average Bonchev–Trinajstić information content (AvgIpc) is 2.71. The van der Waals surface area contributed by atoms with E-state index in [1.807, 2.05) is 0 Å². The van der Waals surface area contributed by atoms with Crippen molar-refractivity contribution in [3.05, 3.63) is 35.4 Å². The molecule has 1 aliphatic heterocycles. The molecule has 1 aromatic rings. The van der Waals surface area contributed by atoms with Gasteiger partial charge in [-0.1, -0.05) is 12.1 Å². The molecule has 0 saturated carbocycles. The lowest BCUT2D eigenvalue weighted by molar-refractivity contribution is -0.129. The van der Waals surface area contributed by atoms with Crippen LogP contribution in [0.1, 0.15) is 0 Å². The minimum Gasteiger partial charge on any atom is -0.493 e. The van der Waals surface area contributed by atoms with Crippen LogP contribution in [0, 0.1) is 0 Å². The molecule has 106 valence electrons. The number of carbonyl (C=O) groups is 1. The summed E-state index contributed by atoms with van der Waals surface area (Å²) in [4.78, 5) is 13.9. The number of benzene rings is 1. The van der Waals surface area contributed by atoms with Gasteiger partial charge in [0, 0.05) is 6.20 Å². The van der Waals surface area contributed by atoms with Crippen LogP contribution in [0.15, 0.2) is 40.4 Å². The van der Waals surface area contributed by atoms with Crippen molar-refractivity contribution in [2.75, 3.05) is 13.7 Å². The van der Waals surface area contributed by atoms with E-state index in [-0.39, 0.29) is 11.5 Å². The second kappa shape index (κ2) is 5.33. The topological polar surface area (TPSA) is 102 Å². The van der Waals surface area contributed by atoms with Gasteiger partial charge in [-0.15, -0.1) is 0 Å². The van der Waals surface area contributed by atoms with Crippen molar-refractivity contribution in [2.45, 2.75) is 0 Å². The van der Waals surface area contributed by atoms with Gasteiger partial charge < -0.3 is 14.6 Å². The van der Waals surface area contributed by atoms with Crippen molar-refractivity contribution < 1.29 is 27.8 Å². The number of aliphatic imine (C=N–C) groups is 1. The van der Waals surface area contributed by atoms with Gasteiger partial charge in [0.25, 0.3) is 0 Å². The van der Waals surface area contributed by atoms with Crippen LogP contribution in [0.25, 0.3) is 0 Å².